The first kappa shape index (κ1) is 25.2. The molecule has 3 aromatic rings. The standard InChI is InChI=1S/C24H31N4O6P/c1-32-19-5-4-17(12-20(19)33-2)15-28-24(29)22-18(14-25-28)13-21(26-23(22)34-3)27-9-6-16(7-10-27)8-11-35(30)31/h4-5,12-14,16,30-31H,6-11,15H2,1-3H3. The van der Waals surface area contributed by atoms with Crippen LogP contribution in [0.4, 0.5) is 5.82 Å². The lowest BCUT2D eigenvalue weighted by molar-refractivity contribution is 0.354. The lowest BCUT2D eigenvalue weighted by atomic mass is 9.94. The maximum Gasteiger partial charge on any atom is 0.280 e. The van der Waals surface area contributed by atoms with Crippen LogP contribution >= 0.6 is 8.38 Å². The molecule has 4 rings (SSSR count). The van der Waals surface area contributed by atoms with E-state index in [2.05, 4.69) is 15.0 Å². The Morgan fingerprint density at radius 2 is 1.80 bits per heavy atom. The third kappa shape index (κ3) is 5.66. The average Bonchev–Trinajstić information content (AvgIpc) is 2.88. The van der Waals surface area contributed by atoms with Crippen molar-refractivity contribution in [3.8, 4) is 17.4 Å². The molecule has 0 amide bonds. The topological polar surface area (TPSA) is 119 Å². The van der Waals surface area contributed by atoms with Gasteiger partial charge in [0.25, 0.3) is 5.56 Å². The molecule has 0 radical (unpaired) electrons. The molecule has 0 saturated carbocycles. The number of fused-ring (bicyclic) bond motifs is 1. The molecule has 3 heterocycles. The molecular weight excluding hydrogens is 471 g/mol. The Bertz CT molecular complexity index is 1230. The summed E-state index contributed by atoms with van der Waals surface area (Å²) in [6, 6.07) is 7.37. The SMILES string of the molecule is COc1ccc(Cn2ncc3cc(N4CCC(CCP(O)O)CC4)nc(OC)c3c2=O)cc1OC. The van der Waals surface area contributed by atoms with E-state index in [9.17, 15) is 14.6 Å². The summed E-state index contributed by atoms with van der Waals surface area (Å²) in [7, 11) is 2.83. The molecule has 10 nitrogen and oxygen atoms in total. The minimum atomic E-state index is -1.83. The number of methoxy groups -OCH3 is 3. The first-order valence-electron chi connectivity index (χ1n) is 11.5. The summed E-state index contributed by atoms with van der Waals surface area (Å²) in [6.07, 6.45) is 4.86. The van der Waals surface area contributed by atoms with Crippen molar-refractivity contribution in [1.82, 2.24) is 14.8 Å². The van der Waals surface area contributed by atoms with Gasteiger partial charge in [-0.15, -0.1) is 0 Å². The third-order valence-electron chi connectivity index (χ3n) is 6.44. The van der Waals surface area contributed by atoms with Crippen LogP contribution in [0.5, 0.6) is 17.4 Å². The maximum atomic E-state index is 13.3. The van der Waals surface area contributed by atoms with Crippen molar-refractivity contribution in [1.29, 1.82) is 0 Å². The molecule has 188 valence electrons. The van der Waals surface area contributed by atoms with Crippen LogP contribution in [-0.2, 0) is 6.54 Å². The zero-order chi connectivity index (χ0) is 24.9. The number of aromatic nitrogens is 3. The van der Waals surface area contributed by atoms with Crippen molar-refractivity contribution in [2.45, 2.75) is 25.8 Å². The molecule has 35 heavy (non-hydrogen) atoms. The minimum Gasteiger partial charge on any atom is -0.493 e. The van der Waals surface area contributed by atoms with Crippen molar-refractivity contribution in [3.05, 3.63) is 46.4 Å². The van der Waals surface area contributed by atoms with Crippen molar-refractivity contribution < 1.29 is 24.0 Å². The first-order valence-corrected chi connectivity index (χ1v) is 12.9. The monoisotopic (exact) mass is 502 g/mol. The minimum absolute atomic E-state index is 0.261. The second-order valence-electron chi connectivity index (χ2n) is 8.57. The van der Waals surface area contributed by atoms with Crippen LogP contribution in [0.2, 0.25) is 0 Å². The van der Waals surface area contributed by atoms with E-state index in [0.29, 0.717) is 34.4 Å². The van der Waals surface area contributed by atoms with E-state index >= 15 is 0 Å². The number of pyridine rings is 1. The van der Waals surface area contributed by atoms with E-state index in [4.69, 9.17) is 14.2 Å². The summed E-state index contributed by atoms with van der Waals surface area (Å²) in [5.74, 6) is 2.70. The molecule has 0 atom stereocenters. The molecule has 0 spiro atoms. The Kier molecular flexibility index (Phi) is 8.05. The molecule has 1 aromatic carbocycles. The van der Waals surface area contributed by atoms with E-state index in [0.717, 1.165) is 43.7 Å². The second-order valence-corrected chi connectivity index (χ2v) is 9.76. The summed E-state index contributed by atoms with van der Waals surface area (Å²) in [5, 5.41) is 5.46. The summed E-state index contributed by atoms with van der Waals surface area (Å²) in [4.78, 5) is 38.5. The van der Waals surface area contributed by atoms with Crippen molar-refractivity contribution in [3.63, 3.8) is 0 Å². The highest BCUT2D eigenvalue weighted by atomic mass is 31.2. The van der Waals surface area contributed by atoms with Crippen molar-refractivity contribution in [2.24, 2.45) is 5.92 Å². The second kappa shape index (κ2) is 11.2. The van der Waals surface area contributed by atoms with Crippen molar-refractivity contribution in [2.75, 3.05) is 45.5 Å². The van der Waals surface area contributed by atoms with Gasteiger partial charge in [-0.1, -0.05) is 6.07 Å². The number of benzene rings is 1. The molecule has 2 aromatic heterocycles. The average molecular weight is 503 g/mol. The Balaban J connectivity index is 1.58. The Hall–Kier alpha value is -2.94. The van der Waals surface area contributed by atoms with Gasteiger partial charge in [0.15, 0.2) is 19.9 Å². The fraction of sp³-hybridized carbons (Fsp3) is 0.458. The molecule has 1 aliphatic rings. The van der Waals surface area contributed by atoms with Gasteiger partial charge in [-0.2, -0.15) is 10.1 Å². The van der Waals surface area contributed by atoms with Gasteiger partial charge in [0.2, 0.25) is 5.88 Å². The van der Waals surface area contributed by atoms with Gasteiger partial charge < -0.3 is 28.9 Å². The summed E-state index contributed by atoms with van der Waals surface area (Å²) < 4.78 is 17.6. The summed E-state index contributed by atoms with van der Waals surface area (Å²) in [6.45, 7) is 1.88. The predicted octanol–water partition coefficient (Wildman–Crippen LogP) is 2.77. The Morgan fingerprint density at radius 3 is 2.46 bits per heavy atom. The number of hydrogen-bond acceptors (Lipinski definition) is 9. The highest BCUT2D eigenvalue weighted by Gasteiger charge is 2.23. The van der Waals surface area contributed by atoms with E-state index in [1.807, 2.05) is 18.2 Å². The maximum absolute atomic E-state index is 13.3. The van der Waals surface area contributed by atoms with E-state index in [1.165, 1.54) is 11.8 Å². The lowest BCUT2D eigenvalue weighted by Gasteiger charge is -2.33. The molecule has 0 aliphatic carbocycles. The molecule has 1 fully saturated rings. The quantitative estimate of drug-likeness (QED) is 0.426. The number of nitrogens with zero attached hydrogens (tertiary/aromatic N) is 4. The van der Waals surface area contributed by atoms with Gasteiger partial charge in [-0.3, -0.25) is 4.79 Å². The van der Waals surface area contributed by atoms with Gasteiger partial charge in [0.1, 0.15) is 11.2 Å². The highest BCUT2D eigenvalue weighted by molar-refractivity contribution is 7.45. The zero-order valence-electron chi connectivity index (χ0n) is 20.2. The van der Waals surface area contributed by atoms with Gasteiger partial charge in [0, 0.05) is 24.6 Å². The molecular formula is C24H31N4O6P. The van der Waals surface area contributed by atoms with Gasteiger partial charge >= 0.3 is 0 Å². The molecule has 1 aliphatic heterocycles. The van der Waals surface area contributed by atoms with Gasteiger partial charge in [-0.25, -0.2) is 4.68 Å². The van der Waals surface area contributed by atoms with E-state index < -0.39 is 8.38 Å². The lowest BCUT2D eigenvalue weighted by Crippen LogP contribution is -2.34. The van der Waals surface area contributed by atoms with Crippen LogP contribution in [0.3, 0.4) is 0 Å². The number of anilines is 1. The molecule has 2 N–H and O–H groups in total. The van der Waals surface area contributed by atoms with Crippen molar-refractivity contribution >= 4 is 25.0 Å². The predicted molar refractivity (Wildman–Crippen MR) is 135 cm³/mol. The summed E-state index contributed by atoms with van der Waals surface area (Å²) in [5.41, 5.74) is 0.564. The molecule has 0 bridgehead atoms. The smallest absolute Gasteiger partial charge is 0.280 e. The highest BCUT2D eigenvalue weighted by Crippen LogP contribution is 2.32. The van der Waals surface area contributed by atoms with Crippen LogP contribution < -0.4 is 24.7 Å². The number of hydrogen-bond donors (Lipinski definition) is 2. The van der Waals surface area contributed by atoms with Crippen LogP contribution in [0.1, 0.15) is 24.8 Å². The third-order valence-corrected chi connectivity index (χ3v) is 7.10. The molecule has 11 heteroatoms. The van der Waals surface area contributed by atoms with Crippen LogP contribution in [0.25, 0.3) is 10.8 Å². The van der Waals surface area contributed by atoms with E-state index in [1.54, 1.807) is 26.5 Å². The van der Waals surface area contributed by atoms with Crippen LogP contribution in [0, 0.1) is 5.92 Å². The Morgan fingerprint density at radius 1 is 1.06 bits per heavy atom. The van der Waals surface area contributed by atoms with E-state index in [-0.39, 0.29) is 18.0 Å². The van der Waals surface area contributed by atoms with Gasteiger partial charge in [-0.05, 0) is 48.9 Å². The normalized spacial score (nSPS) is 14.5. The zero-order valence-corrected chi connectivity index (χ0v) is 21.1. The number of rotatable bonds is 9. The van der Waals surface area contributed by atoms with Crippen LogP contribution in [0.15, 0.2) is 35.3 Å². The molecule has 0 unspecified atom stereocenters. The van der Waals surface area contributed by atoms with Crippen LogP contribution in [-0.4, -0.2) is 65.1 Å². The first-order chi connectivity index (χ1) is 16.9. The fourth-order valence-corrected chi connectivity index (χ4v) is 5.08. The largest absolute Gasteiger partial charge is 0.493 e. The number of piperidine rings is 1. The summed E-state index contributed by atoms with van der Waals surface area (Å²) >= 11 is 0. The Labute approximate surface area is 205 Å². The molecule has 1 saturated heterocycles. The number of ether oxygens (including phenoxy) is 3. The fourth-order valence-electron chi connectivity index (χ4n) is 4.48. The van der Waals surface area contributed by atoms with Gasteiger partial charge in [0.05, 0.1) is 34.1 Å².